The van der Waals surface area contributed by atoms with Crippen molar-refractivity contribution in [2.45, 2.75) is 45.1 Å². The molecule has 138 valence electrons. The Hall–Kier alpha value is -2.44. The fourth-order valence-electron chi connectivity index (χ4n) is 2.95. The van der Waals surface area contributed by atoms with Crippen molar-refractivity contribution in [1.82, 2.24) is 10.7 Å². The molecule has 0 bridgehead atoms. The first-order valence-corrected chi connectivity index (χ1v) is 8.50. The SMILES string of the molecule is COc1cc(/C(C)=N/NC(=O)NC2CCCCC2)cc(OC)c1OC. The minimum Gasteiger partial charge on any atom is -0.493 e. The fourth-order valence-corrected chi connectivity index (χ4v) is 2.95. The molecule has 2 amide bonds. The lowest BCUT2D eigenvalue weighted by molar-refractivity contribution is 0.233. The number of hydrogen-bond acceptors (Lipinski definition) is 5. The van der Waals surface area contributed by atoms with Crippen molar-refractivity contribution in [2.24, 2.45) is 5.10 Å². The predicted molar refractivity (Wildman–Crippen MR) is 96.8 cm³/mol. The van der Waals surface area contributed by atoms with Crippen LogP contribution in [0.2, 0.25) is 0 Å². The maximum atomic E-state index is 12.0. The summed E-state index contributed by atoms with van der Waals surface area (Å²) in [5.74, 6) is 1.60. The van der Waals surface area contributed by atoms with Crippen LogP contribution in [0.25, 0.3) is 0 Å². The van der Waals surface area contributed by atoms with Crippen LogP contribution in [0.3, 0.4) is 0 Å². The molecule has 1 aliphatic rings. The van der Waals surface area contributed by atoms with Crippen molar-refractivity contribution in [2.75, 3.05) is 21.3 Å². The van der Waals surface area contributed by atoms with E-state index in [-0.39, 0.29) is 12.1 Å². The van der Waals surface area contributed by atoms with Gasteiger partial charge in [0, 0.05) is 11.6 Å². The molecule has 0 atom stereocenters. The van der Waals surface area contributed by atoms with Crippen LogP contribution in [0.5, 0.6) is 17.2 Å². The molecule has 0 radical (unpaired) electrons. The maximum Gasteiger partial charge on any atom is 0.335 e. The van der Waals surface area contributed by atoms with E-state index in [4.69, 9.17) is 14.2 Å². The maximum absolute atomic E-state index is 12.0. The van der Waals surface area contributed by atoms with Crippen molar-refractivity contribution in [3.63, 3.8) is 0 Å². The predicted octanol–water partition coefficient (Wildman–Crippen LogP) is 3.07. The number of rotatable bonds is 6. The summed E-state index contributed by atoms with van der Waals surface area (Å²) < 4.78 is 16.0. The van der Waals surface area contributed by atoms with Crippen LogP contribution < -0.4 is 25.0 Å². The second-order valence-corrected chi connectivity index (χ2v) is 6.03. The van der Waals surface area contributed by atoms with E-state index in [0.717, 1.165) is 18.4 Å². The minimum atomic E-state index is -0.279. The third-order valence-electron chi connectivity index (χ3n) is 4.35. The second kappa shape index (κ2) is 9.15. The van der Waals surface area contributed by atoms with Crippen LogP contribution in [0, 0.1) is 0 Å². The third kappa shape index (κ3) is 5.01. The second-order valence-electron chi connectivity index (χ2n) is 6.03. The van der Waals surface area contributed by atoms with Gasteiger partial charge in [0.05, 0.1) is 27.0 Å². The van der Waals surface area contributed by atoms with Crippen molar-refractivity contribution >= 4 is 11.7 Å². The standard InChI is InChI=1S/C18H27N3O4/c1-12(20-21-18(22)19-14-8-6-5-7-9-14)13-10-15(23-2)17(25-4)16(11-13)24-3/h10-11,14H,5-9H2,1-4H3,(H2,19,21,22)/b20-12+. The number of ether oxygens (including phenoxy) is 3. The Morgan fingerprint density at radius 2 is 1.64 bits per heavy atom. The molecule has 7 nitrogen and oxygen atoms in total. The van der Waals surface area contributed by atoms with Gasteiger partial charge in [-0.2, -0.15) is 5.10 Å². The summed E-state index contributed by atoms with van der Waals surface area (Å²) in [5, 5.41) is 7.13. The van der Waals surface area contributed by atoms with Gasteiger partial charge in [-0.05, 0) is 31.9 Å². The third-order valence-corrected chi connectivity index (χ3v) is 4.35. The summed E-state index contributed by atoms with van der Waals surface area (Å²) in [4.78, 5) is 12.0. The van der Waals surface area contributed by atoms with E-state index in [1.165, 1.54) is 19.3 Å². The van der Waals surface area contributed by atoms with Gasteiger partial charge in [0.25, 0.3) is 0 Å². The molecule has 1 aromatic rings. The zero-order valence-corrected chi connectivity index (χ0v) is 15.3. The van der Waals surface area contributed by atoms with E-state index in [1.54, 1.807) is 33.5 Å². The highest BCUT2D eigenvalue weighted by molar-refractivity contribution is 6.00. The first kappa shape index (κ1) is 18.9. The van der Waals surface area contributed by atoms with Crippen LogP contribution in [0.15, 0.2) is 17.2 Å². The lowest BCUT2D eigenvalue weighted by Gasteiger charge is -2.22. The van der Waals surface area contributed by atoms with E-state index in [1.807, 2.05) is 6.92 Å². The van der Waals surface area contributed by atoms with E-state index in [0.29, 0.717) is 23.0 Å². The van der Waals surface area contributed by atoms with Gasteiger partial charge >= 0.3 is 6.03 Å². The van der Waals surface area contributed by atoms with E-state index >= 15 is 0 Å². The average molecular weight is 349 g/mol. The highest BCUT2D eigenvalue weighted by Crippen LogP contribution is 2.38. The molecule has 1 aromatic carbocycles. The van der Waals surface area contributed by atoms with Crippen LogP contribution in [0.1, 0.15) is 44.6 Å². The number of urea groups is 1. The Bertz CT molecular complexity index is 600. The number of nitrogens with zero attached hydrogens (tertiary/aromatic N) is 1. The largest absolute Gasteiger partial charge is 0.493 e. The summed E-state index contributed by atoms with van der Waals surface area (Å²) in [5.41, 5.74) is 3.96. The van der Waals surface area contributed by atoms with Crippen LogP contribution >= 0.6 is 0 Å². The number of hydrazone groups is 1. The highest BCUT2D eigenvalue weighted by Gasteiger charge is 2.16. The Kier molecular flexibility index (Phi) is 6.91. The van der Waals surface area contributed by atoms with Crippen molar-refractivity contribution in [3.05, 3.63) is 17.7 Å². The Morgan fingerprint density at radius 3 is 2.16 bits per heavy atom. The smallest absolute Gasteiger partial charge is 0.335 e. The molecule has 7 heteroatoms. The molecule has 2 rings (SSSR count). The van der Waals surface area contributed by atoms with Gasteiger partial charge in [-0.15, -0.1) is 0 Å². The summed E-state index contributed by atoms with van der Waals surface area (Å²) >= 11 is 0. The summed E-state index contributed by atoms with van der Waals surface area (Å²) in [6.07, 6.45) is 5.64. The highest BCUT2D eigenvalue weighted by atomic mass is 16.5. The number of carbonyl (C=O) groups excluding carboxylic acids is 1. The summed E-state index contributed by atoms with van der Waals surface area (Å²) in [7, 11) is 4.67. The number of amides is 2. The van der Waals surface area contributed by atoms with Gasteiger partial charge in [0.1, 0.15) is 0 Å². The first-order chi connectivity index (χ1) is 12.1. The van der Waals surface area contributed by atoms with Crippen LogP contribution in [-0.4, -0.2) is 39.1 Å². The molecular formula is C18H27N3O4. The Morgan fingerprint density at radius 1 is 1.04 bits per heavy atom. The van der Waals surface area contributed by atoms with Crippen LogP contribution in [0.4, 0.5) is 4.79 Å². The molecule has 1 saturated carbocycles. The number of methoxy groups -OCH3 is 3. The normalized spacial score (nSPS) is 15.4. The Labute approximate surface area is 148 Å². The fraction of sp³-hybridized carbons (Fsp3) is 0.556. The lowest BCUT2D eigenvalue weighted by atomic mass is 9.96. The molecule has 0 spiro atoms. The van der Waals surface area contributed by atoms with Crippen molar-refractivity contribution in [3.8, 4) is 17.2 Å². The molecular weight excluding hydrogens is 322 g/mol. The molecule has 2 N–H and O–H groups in total. The minimum absolute atomic E-state index is 0.241. The molecule has 1 aliphatic carbocycles. The lowest BCUT2D eigenvalue weighted by Crippen LogP contribution is -2.41. The van der Waals surface area contributed by atoms with Gasteiger partial charge in [-0.3, -0.25) is 0 Å². The zero-order valence-electron chi connectivity index (χ0n) is 15.3. The van der Waals surface area contributed by atoms with E-state index in [9.17, 15) is 4.79 Å². The number of carbonyl (C=O) groups is 1. The Balaban J connectivity index is 2.06. The average Bonchev–Trinajstić information content (AvgIpc) is 2.65. The number of hydrogen-bond donors (Lipinski definition) is 2. The van der Waals surface area contributed by atoms with Crippen LogP contribution in [-0.2, 0) is 0 Å². The number of nitrogens with one attached hydrogen (secondary N) is 2. The molecule has 25 heavy (non-hydrogen) atoms. The monoisotopic (exact) mass is 349 g/mol. The topological polar surface area (TPSA) is 81.2 Å². The van der Waals surface area contributed by atoms with Crippen molar-refractivity contribution < 1.29 is 19.0 Å². The molecule has 0 unspecified atom stereocenters. The quantitative estimate of drug-likeness (QED) is 0.611. The number of benzene rings is 1. The van der Waals surface area contributed by atoms with Gasteiger partial charge < -0.3 is 19.5 Å². The van der Waals surface area contributed by atoms with Gasteiger partial charge in [-0.25, -0.2) is 10.2 Å². The first-order valence-electron chi connectivity index (χ1n) is 8.50. The zero-order chi connectivity index (χ0) is 18.2. The summed E-state index contributed by atoms with van der Waals surface area (Å²) in [6.45, 7) is 1.81. The van der Waals surface area contributed by atoms with Gasteiger partial charge in [-0.1, -0.05) is 19.3 Å². The summed E-state index contributed by atoms with van der Waals surface area (Å²) in [6, 6.07) is 3.55. The van der Waals surface area contributed by atoms with E-state index in [2.05, 4.69) is 15.8 Å². The van der Waals surface area contributed by atoms with Gasteiger partial charge in [0.15, 0.2) is 11.5 Å². The molecule has 0 aromatic heterocycles. The van der Waals surface area contributed by atoms with E-state index < -0.39 is 0 Å². The van der Waals surface area contributed by atoms with Gasteiger partial charge in [0.2, 0.25) is 5.75 Å². The molecule has 1 fully saturated rings. The van der Waals surface area contributed by atoms with Crippen molar-refractivity contribution in [1.29, 1.82) is 0 Å². The molecule has 0 saturated heterocycles. The molecule has 0 aliphatic heterocycles. The molecule has 0 heterocycles.